The summed E-state index contributed by atoms with van der Waals surface area (Å²) in [5.41, 5.74) is 8.85. The van der Waals surface area contributed by atoms with Gasteiger partial charge in [-0.1, -0.05) is 0 Å². The maximum Gasteiger partial charge on any atom is -1.00 e. The Kier molecular flexibility index (Phi) is 7.82. The number of benzene rings is 3. The summed E-state index contributed by atoms with van der Waals surface area (Å²) in [4.78, 5) is 0. The van der Waals surface area contributed by atoms with E-state index in [9.17, 15) is 0 Å². The van der Waals surface area contributed by atoms with Gasteiger partial charge in [0.1, 0.15) is 0 Å². The Morgan fingerprint density at radius 1 is 0.778 bits per heavy atom. The van der Waals surface area contributed by atoms with Crippen molar-refractivity contribution in [3.8, 4) is 22.3 Å². The number of fused-ring (bicyclic) bond motifs is 1. The second kappa shape index (κ2) is 9.29. The van der Waals surface area contributed by atoms with Gasteiger partial charge in [-0.3, -0.25) is 0 Å². The first kappa shape index (κ1) is 22.7. The first-order chi connectivity index (χ1) is 12.1. The summed E-state index contributed by atoms with van der Waals surface area (Å²) in [6.45, 7) is 2.23. The fourth-order valence-corrected chi connectivity index (χ4v) is 4.78. The molecule has 0 saturated heterocycles. The molecular formula is C22H15Cl4Zr. The minimum absolute atomic E-state index is 0. The molecule has 0 spiro atoms. The molecule has 0 aromatic heterocycles. The molecule has 135 valence electrons. The Morgan fingerprint density at radius 3 is 2.07 bits per heavy atom. The van der Waals surface area contributed by atoms with Crippen LogP contribution in [0.25, 0.3) is 28.3 Å². The third-order valence-corrected chi connectivity index (χ3v) is 7.15. The molecule has 4 rings (SSSR count). The first-order valence-corrected chi connectivity index (χ1v) is 10.3. The zero-order valence-electron chi connectivity index (χ0n) is 14.4. The smallest absolute Gasteiger partial charge is 1.00 e. The fourth-order valence-electron chi connectivity index (χ4n) is 3.45. The summed E-state index contributed by atoms with van der Waals surface area (Å²) in [5, 5.41) is 1.33. The van der Waals surface area contributed by atoms with Crippen molar-refractivity contribution in [3.63, 3.8) is 0 Å². The first-order valence-electron chi connectivity index (χ1n) is 8.13. The Hall–Kier alpha value is -0.557. The third-order valence-electron chi connectivity index (χ3n) is 4.72. The van der Waals surface area contributed by atoms with Crippen LogP contribution in [0.15, 0.2) is 66.2 Å². The zero-order chi connectivity index (χ0) is 17.6. The summed E-state index contributed by atoms with van der Waals surface area (Å²) < 4.78 is 0.563. The molecule has 0 nitrogen and oxygen atoms in total. The van der Waals surface area contributed by atoms with Gasteiger partial charge in [0, 0.05) is 0 Å². The van der Waals surface area contributed by atoms with Crippen LogP contribution in [-0.2, 0) is 24.7 Å². The average molecular weight is 512 g/mol. The molecule has 1 unspecified atom stereocenters. The van der Waals surface area contributed by atoms with Gasteiger partial charge in [-0.15, -0.1) is 0 Å². The standard InChI is InChI=1S/C22H15Cl2.2ClH.Zr/c1-14-11-15-5-4-8-19(21(15)12-14)17-6-2-3-7-18(17)20-10-9-16(23)13-22(20)24;;;/h2-13H,1H3;2*1H;/q;;;+2/p-2. The summed E-state index contributed by atoms with van der Waals surface area (Å²) in [7, 11) is 0. The molecule has 5 heteroatoms. The van der Waals surface area contributed by atoms with Crippen molar-refractivity contribution in [1.82, 2.24) is 0 Å². The number of rotatable bonds is 2. The molecule has 0 bridgehead atoms. The van der Waals surface area contributed by atoms with Gasteiger partial charge in [0.05, 0.1) is 0 Å². The van der Waals surface area contributed by atoms with Gasteiger partial charge in [-0.05, 0) is 0 Å². The third kappa shape index (κ3) is 4.24. The fraction of sp³-hybridized carbons (Fsp3) is 0.0909. The molecule has 27 heavy (non-hydrogen) atoms. The van der Waals surface area contributed by atoms with Crippen molar-refractivity contribution in [2.24, 2.45) is 0 Å². The van der Waals surface area contributed by atoms with E-state index in [0.717, 1.165) is 11.1 Å². The van der Waals surface area contributed by atoms with Crippen LogP contribution in [0, 0.1) is 0 Å². The molecule has 3 aromatic carbocycles. The normalized spacial score (nSPS) is 14.7. The second-order valence-corrected chi connectivity index (χ2v) is 8.56. The van der Waals surface area contributed by atoms with E-state index < -0.39 is 0 Å². The molecule has 0 saturated carbocycles. The molecule has 1 aliphatic rings. The van der Waals surface area contributed by atoms with Gasteiger partial charge >= 0.3 is 174 Å². The Labute approximate surface area is 197 Å². The topological polar surface area (TPSA) is 0 Å². The molecule has 3 aromatic rings. The van der Waals surface area contributed by atoms with Gasteiger partial charge in [0.15, 0.2) is 0 Å². The monoisotopic (exact) mass is 509 g/mol. The van der Waals surface area contributed by atoms with Gasteiger partial charge in [0.25, 0.3) is 0 Å². The molecule has 0 aliphatic heterocycles. The van der Waals surface area contributed by atoms with Crippen LogP contribution in [0.4, 0.5) is 0 Å². The second-order valence-electron chi connectivity index (χ2n) is 6.30. The predicted octanol–water partition coefficient (Wildman–Crippen LogP) is 1.34. The van der Waals surface area contributed by atoms with Crippen molar-refractivity contribution in [2.45, 2.75) is 10.5 Å². The van der Waals surface area contributed by atoms with Crippen LogP contribution in [0.2, 0.25) is 10.0 Å². The number of halogens is 4. The van der Waals surface area contributed by atoms with Crippen LogP contribution >= 0.6 is 23.2 Å². The number of hydrogen-bond donors (Lipinski definition) is 0. The van der Waals surface area contributed by atoms with Crippen LogP contribution < -0.4 is 24.8 Å². The van der Waals surface area contributed by atoms with Crippen LogP contribution in [-0.4, -0.2) is 0 Å². The number of hydrogen-bond acceptors (Lipinski definition) is 0. The molecule has 0 N–H and O–H groups in total. The van der Waals surface area contributed by atoms with Crippen LogP contribution in [0.5, 0.6) is 0 Å². The van der Waals surface area contributed by atoms with Crippen molar-refractivity contribution >= 4 is 29.3 Å². The maximum absolute atomic E-state index is 6.49. The molecule has 0 heterocycles. The summed E-state index contributed by atoms with van der Waals surface area (Å²) >= 11 is 14.1. The van der Waals surface area contributed by atoms with E-state index in [0.29, 0.717) is 13.7 Å². The average Bonchev–Trinajstić information content (AvgIpc) is 2.90. The van der Waals surface area contributed by atoms with E-state index in [4.69, 9.17) is 23.2 Å². The van der Waals surface area contributed by atoms with Crippen molar-refractivity contribution in [1.29, 1.82) is 0 Å². The van der Waals surface area contributed by atoms with Crippen molar-refractivity contribution < 1.29 is 49.5 Å². The van der Waals surface area contributed by atoms with Crippen LogP contribution in [0.3, 0.4) is 0 Å². The maximum atomic E-state index is 6.49. The number of allylic oxidation sites excluding steroid dienone is 1. The van der Waals surface area contributed by atoms with E-state index in [1.807, 2.05) is 12.1 Å². The summed E-state index contributed by atoms with van der Waals surface area (Å²) in [6.07, 6.45) is 2.34. The van der Waals surface area contributed by atoms with E-state index in [1.54, 1.807) is 6.07 Å². The van der Waals surface area contributed by atoms with Crippen LogP contribution in [0.1, 0.15) is 21.7 Å². The zero-order valence-corrected chi connectivity index (χ0v) is 19.9. The largest absolute Gasteiger partial charge is 1.00 e. The molecule has 1 aliphatic carbocycles. The van der Waals surface area contributed by atoms with E-state index in [2.05, 4.69) is 55.5 Å². The summed E-state index contributed by atoms with van der Waals surface area (Å²) in [6, 6.07) is 20.8. The van der Waals surface area contributed by atoms with E-state index >= 15 is 0 Å². The van der Waals surface area contributed by atoms with E-state index in [-0.39, 0.29) is 24.8 Å². The Balaban J connectivity index is 0.00000131. The predicted molar refractivity (Wildman–Crippen MR) is 104 cm³/mol. The SMILES string of the molecule is CC1=Cc2c(-c3ccccc3-c3ccc(Cl)cc3Cl)cccc2[CH]1[Zr+2].[Cl-].[Cl-]. The molecule has 1 atom stereocenters. The van der Waals surface area contributed by atoms with Gasteiger partial charge in [-0.25, -0.2) is 0 Å². The van der Waals surface area contributed by atoms with Gasteiger partial charge < -0.3 is 24.8 Å². The van der Waals surface area contributed by atoms with Gasteiger partial charge in [-0.2, -0.15) is 0 Å². The summed E-state index contributed by atoms with van der Waals surface area (Å²) in [5.74, 6) is 0. The van der Waals surface area contributed by atoms with Gasteiger partial charge in [0.2, 0.25) is 0 Å². The van der Waals surface area contributed by atoms with E-state index in [1.165, 1.54) is 52.5 Å². The minimum atomic E-state index is 0. The minimum Gasteiger partial charge on any atom is -1.00 e. The molecule has 0 fully saturated rings. The Bertz CT molecular complexity index is 1010. The van der Waals surface area contributed by atoms with Crippen molar-refractivity contribution in [2.75, 3.05) is 0 Å². The molecule has 0 radical (unpaired) electrons. The Morgan fingerprint density at radius 2 is 1.41 bits per heavy atom. The molecular weight excluding hydrogens is 497 g/mol. The van der Waals surface area contributed by atoms with Crippen molar-refractivity contribution in [3.05, 3.63) is 87.4 Å². The quantitative estimate of drug-likeness (QED) is 0.487. The molecule has 0 amide bonds.